The van der Waals surface area contributed by atoms with Crippen LogP contribution in [0, 0.1) is 24.1 Å². The minimum absolute atomic E-state index is 0.0761. The molecule has 0 atom stereocenters. The van der Waals surface area contributed by atoms with Gasteiger partial charge in [0.15, 0.2) is 5.78 Å². The fraction of sp³-hybridized carbons (Fsp3) is 0.125. The first-order valence-electron chi connectivity index (χ1n) is 6.18. The van der Waals surface area contributed by atoms with Gasteiger partial charge in [-0.05, 0) is 48.9 Å². The minimum atomic E-state index is -0.488. The highest BCUT2D eigenvalue weighted by Gasteiger charge is 2.10. The molecular weight excluding hydrogens is 291 g/mol. The second kappa shape index (κ2) is 5.94. The lowest BCUT2D eigenvalue weighted by Crippen LogP contribution is -1.96. The Hall–Kier alpha value is -2.38. The quantitative estimate of drug-likeness (QED) is 0.638. The van der Waals surface area contributed by atoms with Crippen molar-refractivity contribution in [2.75, 3.05) is 0 Å². The molecule has 0 saturated heterocycles. The number of halogens is 2. The summed E-state index contributed by atoms with van der Waals surface area (Å²) < 4.78 is 14.7. The van der Waals surface area contributed by atoms with Crippen LogP contribution in [0.15, 0.2) is 30.3 Å². The molecule has 106 valence electrons. The van der Waals surface area contributed by atoms with E-state index in [1.807, 2.05) is 6.92 Å². The molecule has 21 heavy (non-hydrogen) atoms. The maximum Gasteiger partial charge on any atom is 0.187 e. The van der Waals surface area contributed by atoms with E-state index in [2.05, 4.69) is 6.07 Å². The average molecular weight is 303 g/mol. The van der Waals surface area contributed by atoms with Crippen LogP contribution in [0.25, 0.3) is 6.08 Å². The molecule has 0 aliphatic carbocycles. The highest BCUT2D eigenvalue weighted by molar-refractivity contribution is 6.34. The summed E-state index contributed by atoms with van der Waals surface area (Å²) in [4.78, 5) is 12.1. The Morgan fingerprint density at radius 2 is 2.14 bits per heavy atom. The molecule has 0 aliphatic heterocycles. The zero-order chi connectivity index (χ0) is 15.6. The molecule has 3 nitrogen and oxygen atoms in total. The third-order valence-electron chi connectivity index (χ3n) is 3.30. The van der Waals surface area contributed by atoms with Crippen LogP contribution in [0.2, 0.25) is 5.02 Å². The molecule has 0 N–H and O–H groups in total. The molecular formula is C16H12ClFN2O. The molecule has 0 aliphatic rings. The van der Waals surface area contributed by atoms with Crippen molar-refractivity contribution in [1.29, 1.82) is 5.26 Å². The van der Waals surface area contributed by atoms with E-state index in [1.165, 1.54) is 18.2 Å². The van der Waals surface area contributed by atoms with Gasteiger partial charge < -0.3 is 4.57 Å². The molecule has 1 aromatic heterocycles. The van der Waals surface area contributed by atoms with E-state index in [-0.39, 0.29) is 16.4 Å². The predicted octanol–water partition coefficient (Wildman–Crippen LogP) is 3.89. The third kappa shape index (κ3) is 3.04. The van der Waals surface area contributed by atoms with Crippen molar-refractivity contribution in [3.8, 4) is 6.07 Å². The molecule has 2 rings (SSSR count). The topological polar surface area (TPSA) is 45.8 Å². The fourth-order valence-corrected chi connectivity index (χ4v) is 2.20. The lowest BCUT2D eigenvalue weighted by molar-refractivity contribution is 0.104. The lowest BCUT2D eigenvalue weighted by atomic mass is 10.1. The lowest BCUT2D eigenvalue weighted by Gasteiger charge is -2.00. The number of hydrogen-bond donors (Lipinski definition) is 0. The van der Waals surface area contributed by atoms with Gasteiger partial charge >= 0.3 is 0 Å². The Kier molecular flexibility index (Phi) is 4.25. The van der Waals surface area contributed by atoms with Crippen molar-refractivity contribution in [3.05, 3.63) is 63.7 Å². The van der Waals surface area contributed by atoms with E-state index in [1.54, 1.807) is 23.8 Å². The number of hydrogen-bond acceptors (Lipinski definition) is 2. The van der Waals surface area contributed by atoms with Crippen molar-refractivity contribution in [3.63, 3.8) is 0 Å². The Morgan fingerprint density at radius 3 is 2.71 bits per heavy atom. The van der Waals surface area contributed by atoms with E-state index in [9.17, 15) is 9.18 Å². The van der Waals surface area contributed by atoms with E-state index in [4.69, 9.17) is 16.9 Å². The Labute approximate surface area is 126 Å². The van der Waals surface area contributed by atoms with E-state index >= 15 is 0 Å². The molecule has 1 aromatic carbocycles. The number of nitriles is 1. The first kappa shape index (κ1) is 15.0. The van der Waals surface area contributed by atoms with Crippen molar-refractivity contribution >= 4 is 23.5 Å². The van der Waals surface area contributed by atoms with Crippen LogP contribution in [-0.2, 0) is 7.05 Å². The van der Waals surface area contributed by atoms with Gasteiger partial charge in [-0.2, -0.15) is 5.26 Å². The largest absolute Gasteiger partial charge is 0.339 e. The SMILES string of the molecule is Cc1c(/C=C/C(=O)c2ccc(F)cc2Cl)cc(C#N)n1C. The number of allylic oxidation sites excluding steroid dienone is 1. The van der Waals surface area contributed by atoms with E-state index in [0.29, 0.717) is 5.69 Å². The van der Waals surface area contributed by atoms with Crippen molar-refractivity contribution in [1.82, 2.24) is 4.57 Å². The maximum absolute atomic E-state index is 13.0. The molecule has 0 radical (unpaired) electrons. The van der Waals surface area contributed by atoms with Crippen LogP contribution in [0.3, 0.4) is 0 Å². The van der Waals surface area contributed by atoms with Gasteiger partial charge in [-0.15, -0.1) is 0 Å². The highest BCUT2D eigenvalue weighted by atomic mass is 35.5. The van der Waals surface area contributed by atoms with Crippen LogP contribution in [0.1, 0.15) is 27.3 Å². The Morgan fingerprint density at radius 1 is 1.43 bits per heavy atom. The molecule has 0 bridgehead atoms. The average Bonchev–Trinajstić information content (AvgIpc) is 2.72. The zero-order valence-electron chi connectivity index (χ0n) is 11.5. The summed E-state index contributed by atoms with van der Waals surface area (Å²) in [6.45, 7) is 1.86. The zero-order valence-corrected chi connectivity index (χ0v) is 12.3. The van der Waals surface area contributed by atoms with Gasteiger partial charge in [-0.1, -0.05) is 11.6 Å². The second-order valence-corrected chi connectivity index (χ2v) is 4.97. The molecule has 0 fully saturated rings. The van der Waals surface area contributed by atoms with Gasteiger partial charge in [0.25, 0.3) is 0 Å². The number of nitrogens with zero attached hydrogens (tertiary/aromatic N) is 2. The number of carbonyl (C=O) groups is 1. The summed E-state index contributed by atoms with van der Waals surface area (Å²) in [5, 5.41) is 9.04. The predicted molar refractivity (Wildman–Crippen MR) is 79.6 cm³/mol. The molecule has 0 spiro atoms. The molecule has 5 heteroatoms. The Bertz CT molecular complexity index is 784. The number of ketones is 1. The van der Waals surface area contributed by atoms with Gasteiger partial charge in [0.2, 0.25) is 0 Å². The van der Waals surface area contributed by atoms with Gasteiger partial charge in [0.1, 0.15) is 17.6 Å². The summed E-state index contributed by atoms with van der Waals surface area (Å²) in [7, 11) is 1.78. The molecule has 0 unspecified atom stereocenters. The minimum Gasteiger partial charge on any atom is -0.339 e. The summed E-state index contributed by atoms with van der Waals surface area (Å²) in [5.41, 5.74) is 2.41. The smallest absolute Gasteiger partial charge is 0.187 e. The van der Waals surface area contributed by atoms with Crippen molar-refractivity contribution in [2.24, 2.45) is 7.05 Å². The second-order valence-electron chi connectivity index (χ2n) is 4.56. The normalized spacial score (nSPS) is 10.8. The van der Waals surface area contributed by atoms with Gasteiger partial charge in [0.05, 0.1) is 5.02 Å². The van der Waals surface area contributed by atoms with Crippen LogP contribution >= 0.6 is 11.6 Å². The summed E-state index contributed by atoms with van der Waals surface area (Å²) in [6, 6.07) is 7.41. The third-order valence-corrected chi connectivity index (χ3v) is 3.61. The van der Waals surface area contributed by atoms with Gasteiger partial charge in [-0.25, -0.2) is 4.39 Å². The molecule has 0 saturated carbocycles. The number of aromatic nitrogens is 1. The van der Waals surface area contributed by atoms with Crippen LogP contribution in [-0.4, -0.2) is 10.4 Å². The highest BCUT2D eigenvalue weighted by Crippen LogP contribution is 2.20. The first-order valence-corrected chi connectivity index (χ1v) is 6.55. The number of rotatable bonds is 3. The van der Waals surface area contributed by atoms with Crippen LogP contribution in [0.5, 0.6) is 0 Å². The van der Waals surface area contributed by atoms with Crippen molar-refractivity contribution in [2.45, 2.75) is 6.92 Å². The fourth-order valence-electron chi connectivity index (χ4n) is 1.94. The standard InChI is InChI=1S/C16H12ClFN2O/c1-10-11(7-13(9-19)20(10)2)3-6-16(21)14-5-4-12(18)8-15(14)17/h3-8H,1-2H3/b6-3+. The monoisotopic (exact) mass is 302 g/mol. The van der Waals surface area contributed by atoms with Gasteiger partial charge in [0, 0.05) is 18.3 Å². The molecule has 1 heterocycles. The maximum atomic E-state index is 13.0. The molecule has 2 aromatic rings. The van der Waals surface area contributed by atoms with E-state index < -0.39 is 5.82 Å². The van der Waals surface area contributed by atoms with Crippen LogP contribution < -0.4 is 0 Å². The summed E-state index contributed by atoms with van der Waals surface area (Å²) in [5.74, 6) is -0.806. The summed E-state index contributed by atoms with van der Waals surface area (Å²) >= 11 is 5.85. The summed E-state index contributed by atoms with van der Waals surface area (Å²) in [6.07, 6.45) is 2.99. The van der Waals surface area contributed by atoms with Crippen LogP contribution in [0.4, 0.5) is 4.39 Å². The Balaban J connectivity index is 2.29. The first-order chi connectivity index (χ1) is 9.93. The number of benzene rings is 1. The van der Waals surface area contributed by atoms with E-state index in [0.717, 1.165) is 17.3 Å². The molecule has 0 amide bonds. The van der Waals surface area contributed by atoms with Crippen molar-refractivity contribution < 1.29 is 9.18 Å². The number of carbonyl (C=O) groups excluding carboxylic acids is 1. The van der Waals surface area contributed by atoms with Gasteiger partial charge in [-0.3, -0.25) is 4.79 Å².